The third-order valence-corrected chi connectivity index (χ3v) is 4.21. The Balaban J connectivity index is 2.65. The van der Waals surface area contributed by atoms with Crippen LogP contribution in [0.15, 0.2) is 23.2 Å². The van der Waals surface area contributed by atoms with E-state index in [9.17, 15) is 8.42 Å². The first kappa shape index (κ1) is 18.7. The Morgan fingerprint density at radius 2 is 2.08 bits per heavy atom. The summed E-state index contributed by atoms with van der Waals surface area (Å²) in [5.74, 6) is 0.775. The normalized spacial score (nSPS) is 22.1. The average Bonchev–Trinajstić information content (AvgIpc) is 2.49. The summed E-state index contributed by atoms with van der Waals surface area (Å²) in [6.07, 6.45) is 1.74. The molecule has 9 heteroatoms. The van der Waals surface area contributed by atoms with Gasteiger partial charge in [0.15, 0.2) is 6.19 Å². The molecule has 0 aromatic heterocycles. The SMILES string of the molecule is CC(=N[C@H]1c2cc(C#N)ccc2OC(C)(C)[C@@H]1OS(C)(=O)=O)NC#N. The van der Waals surface area contributed by atoms with Crippen LogP contribution in [0, 0.1) is 22.8 Å². The zero-order valence-electron chi connectivity index (χ0n) is 14.3. The first-order valence-electron chi connectivity index (χ1n) is 7.38. The van der Waals surface area contributed by atoms with Crippen molar-refractivity contribution in [1.29, 1.82) is 10.5 Å². The van der Waals surface area contributed by atoms with E-state index in [1.165, 1.54) is 0 Å². The number of nitrogens with one attached hydrogen (secondary N) is 1. The van der Waals surface area contributed by atoms with Crippen molar-refractivity contribution in [2.75, 3.05) is 6.26 Å². The molecule has 1 aliphatic heterocycles. The molecule has 0 unspecified atom stereocenters. The number of ether oxygens (including phenoxy) is 1. The monoisotopic (exact) mass is 362 g/mol. The third kappa shape index (κ3) is 4.27. The predicted molar refractivity (Wildman–Crippen MR) is 90.2 cm³/mol. The second kappa shape index (κ2) is 6.71. The van der Waals surface area contributed by atoms with Gasteiger partial charge in [0.1, 0.15) is 29.3 Å². The number of hydrogen-bond donors (Lipinski definition) is 1. The summed E-state index contributed by atoms with van der Waals surface area (Å²) in [5, 5.41) is 20.3. The van der Waals surface area contributed by atoms with Gasteiger partial charge in [0.2, 0.25) is 0 Å². The molecule has 25 heavy (non-hydrogen) atoms. The second-order valence-electron chi connectivity index (χ2n) is 6.19. The highest BCUT2D eigenvalue weighted by atomic mass is 32.2. The molecule has 0 radical (unpaired) electrons. The van der Waals surface area contributed by atoms with E-state index in [1.54, 1.807) is 45.2 Å². The lowest BCUT2D eigenvalue weighted by atomic mass is 9.86. The summed E-state index contributed by atoms with van der Waals surface area (Å²) in [4.78, 5) is 4.41. The minimum Gasteiger partial charge on any atom is -0.485 e. The van der Waals surface area contributed by atoms with Gasteiger partial charge in [-0.15, -0.1) is 0 Å². The number of amidine groups is 1. The fourth-order valence-corrected chi connectivity index (χ4v) is 3.36. The first-order chi connectivity index (χ1) is 11.6. The molecule has 0 fully saturated rings. The zero-order chi connectivity index (χ0) is 18.8. The van der Waals surface area contributed by atoms with E-state index < -0.39 is 27.9 Å². The van der Waals surface area contributed by atoms with Crippen LogP contribution < -0.4 is 10.1 Å². The molecular weight excluding hydrogens is 344 g/mol. The van der Waals surface area contributed by atoms with Crippen molar-refractivity contribution < 1.29 is 17.3 Å². The molecule has 0 aliphatic carbocycles. The van der Waals surface area contributed by atoms with E-state index in [4.69, 9.17) is 19.4 Å². The van der Waals surface area contributed by atoms with Crippen LogP contribution in [0.1, 0.15) is 37.9 Å². The van der Waals surface area contributed by atoms with Gasteiger partial charge in [0.05, 0.1) is 17.9 Å². The molecule has 1 heterocycles. The van der Waals surface area contributed by atoms with E-state index in [1.807, 2.05) is 6.07 Å². The van der Waals surface area contributed by atoms with Crippen molar-refractivity contribution in [3.05, 3.63) is 29.3 Å². The molecule has 1 aromatic carbocycles. The zero-order valence-corrected chi connectivity index (χ0v) is 15.1. The van der Waals surface area contributed by atoms with Crippen LogP contribution in [0.3, 0.4) is 0 Å². The summed E-state index contributed by atoms with van der Waals surface area (Å²) in [6.45, 7) is 4.97. The van der Waals surface area contributed by atoms with Crippen molar-refractivity contribution in [2.45, 2.75) is 38.5 Å². The smallest absolute Gasteiger partial charge is 0.264 e. The van der Waals surface area contributed by atoms with Crippen LogP contribution in [-0.4, -0.2) is 32.2 Å². The van der Waals surface area contributed by atoms with Crippen molar-refractivity contribution in [3.8, 4) is 18.0 Å². The number of benzene rings is 1. The minimum absolute atomic E-state index is 0.292. The molecule has 1 N–H and O–H groups in total. The molecule has 0 saturated heterocycles. The lowest BCUT2D eigenvalue weighted by Gasteiger charge is -2.42. The molecule has 0 bridgehead atoms. The summed E-state index contributed by atoms with van der Waals surface area (Å²) in [5.41, 5.74) is -0.108. The molecule has 8 nitrogen and oxygen atoms in total. The van der Waals surface area contributed by atoms with Gasteiger partial charge < -0.3 is 4.74 Å². The van der Waals surface area contributed by atoms with Gasteiger partial charge >= 0.3 is 0 Å². The van der Waals surface area contributed by atoms with Crippen molar-refractivity contribution in [3.63, 3.8) is 0 Å². The first-order valence-corrected chi connectivity index (χ1v) is 9.20. The molecular formula is C16H18N4O4S. The summed E-state index contributed by atoms with van der Waals surface area (Å²) in [6, 6.07) is 6.08. The standard InChI is InChI=1S/C16H18N4O4S/c1-10(19-9-18)20-14-12-7-11(8-17)5-6-13(12)23-16(2,3)15(14)24-25(4,21)22/h5-7,14-15H,1-4H3,(H,19,20)/t14-,15+/m0/s1. The Bertz CT molecular complexity index is 894. The Kier molecular flexibility index (Phi) is 5.02. The highest BCUT2D eigenvalue weighted by Crippen LogP contribution is 2.44. The molecule has 2 rings (SSSR count). The summed E-state index contributed by atoms with van der Waals surface area (Å²) >= 11 is 0. The van der Waals surface area contributed by atoms with E-state index in [2.05, 4.69) is 10.3 Å². The molecule has 1 aromatic rings. The van der Waals surface area contributed by atoms with Gasteiger partial charge in [0, 0.05) is 5.56 Å². The van der Waals surface area contributed by atoms with Crippen molar-refractivity contribution >= 4 is 16.0 Å². The lowest BCUT2D eigenvalue weighted by Crippen LogP contribution is -2.51. The highest BCUT2D eigenvalue weighted by Gasteiger charge is 2.47. The quantitative estimate of drug-likeness (QED) is 0.285. The van der Waals surface area contributed by atoms with Gasteiger partial charge in [-0.25, -0.2) is 0 Å². The van der Waals surface area contributed by atoms with Crippen LogP contribution >= 0.6 is 0 Å². The number of rotatable bonds is 3. The average molecular weight is 362 g/mol. The fourth-order valence-electron chi connectivity index (χ4n) is 2.64. The van der Waals surface area contributed by atoms with Gasteiger partial charge in [0.25, 0.3) is 10.1 Å². The molecule has 0 spiro atoms. The predicted octanol–water partition coefficient (Wildman–Crippen LogP) is 1.60. The fraction of sp³-hybridized carbons (Fsp3) is 0.438. The molecule has 0 saturated carbocycles. The van der Waals surface area contributed by atoms with Gasteiger partial charge in [-0.05, 0) is 39.0 Å². The number of fused-ring (bicyclic) bond motifs is 1. The maximum absolute atomic E-state index is 11.7. The van der Waals surface area contributed by atoms with Gasteiger partial charge in [-0.2, -0.15) is 18.9 Å². The van der Waals surface area contributed by atoms with Crippen LogP contribution in [-0.2, 0) is 14.3 Å². The largest absolute Gasteiger partial charge is 0.485 e. The van der Waals surface area contributed by atoms with Crippen LogP contribution in [0.25, 0.3) is 0 Å². The Morgan fingerprint density at radius 3 is 2.64 bits per heavy atom. The third-order valence-electron chi connectivity index (χ3n) is 3.65. The van der Waals surface area contributed by atoms with E-state index in [-0.39, 0.29) is 0 Å². The topological polar surface area (TPSA) is 125 Å². The van der Waals surface area contributed by atoms with Crippen molar-refractivity contribution in [1.82, 2.24) is 5.32 Å². The lowest BCUT2D eigenvalue weighted by molar-refractivity contribution is -0.0386. The second-order valence-corrected chi connectivity index (χ2v) is 7.79. The molecule has 2 atom stereocenters. The van der Waals surface area contributed by atoms with Gasteiger partial charge in [-0.3, -0.25) is 14.5 Å². The number of nitrogens with zero attached hydrogens (tertiary/aromatic N) is 3. The Hall–Kier alpha value is -2.62. The van der Waals surface area contributed by atoms with Crippen LogP contribution in [0.2, 0.25) is 0 Å². The Morgan fingerprint density at radius 1 is 1.40 bits per heavy atom. The summed E-state index contributed by atoms with van der Waals surface area (Å²) in [7, 11) is -3.79. The maximum Gasteiger partial charge on any atom is 0.264 e. The Labute approximate surface area is 146 Å². The summed E-state index contributed by atoms with van der Waals surface area (Å²) < 4.78 is 34.6. The molecule has 132 valence electrons. The van der Waals surface area contributed by atoms with Crippen LogP contribution in [0.5, 0.6) is 5.75 Å². The van der Waals surface area contributed by atoms with E-state index in [0.29, 0.717) is 22.7 Å². The molecule has 1 aliphatic rings. The van der Waals surface area contributed by atoms with Crippen molar-refractivity contribution in [2.24, 2.45) is 4.99 Å². The number of nitriles is 2. The minimum atomic E-state index is -3.79. The highest BCUT2D eigenvalue weighted by molar-refractivity contribution is 7.86. The number of aliphatic imine (C=N–C) groups is 1. The van der Waals surface area contributed by atoms with Crippen LogP contribution in [0.4, 0.5) is 0 Å². The van der Waals surface area contributed by atoms with E-state index in [0.717, 1.165) is 6.26 Å². The number of hydrogen-bond acceptors (Lipinski definition) is 7. The van der Waals surface area contributed by atoms with E-state index >= 15 is 0 Å². The molecule has 0 amide bonds. The van der Waals surface area contributed by atoms with Gasteiger partial charge in [-0.1, -0.05) is 0 Å². The maximum atomic E-state index is 11.7.